The van der Waals surface area contributed by atoms with Gasteiger partial charge in [0.15, 0.2) is 0 Å². The summed E-state index contributed by atoms with van der Waals surface area (Å²) in [4.78, 5) is 21.2. The van der Waals surface area contributed by atoms with Crippen molar-refractivity contribution in [2.45, 2.75) is 31.8 Å². The molecule has 1 aliphatic rings. The number of aldehydes is 1. The minimum atomic E-state index is -0.486. The number of anilines is 1. The predicted octanol–water partition coefficient (Wildman–Crippen LogP) is 2.37. The van der Waals surface area contributed by atoms with Gasteiger partial charge in [0.2, 0.25) is 0 Å². The molecule has 0 aliphatic heterocycles. The average Bonchev–Trinajstić information content (AvgIpc) is 2.46. The first-order valence-corrected chi connectivity index (χ1v) is 6.75. The van der Waals surface area contributed by atoms with Crippen LogP contribution in [0.15, 0.2) is 18.2 Å². The maximum atomic E-state index is 11.0. The third kappa shape index (κ3) is 3.54. The Morgan fingerprint density at radius 1 is 1.35 bits per heavy atom. The van der Waals surface area contributed by atoms with Gasteiger partial charge in [-0.05, 0) is 43.7 Å². The van der Waals surface area contributed by atoms with Crippen molar-refractivity contribution in [3.05, 3.63) is 33.9 Å². The zero-order valence-electron chi connectivity index (χ0n) is 11.1. The Balaban J connectivity index is 2.01. The predicted molar refractivity (Wildman–Crippen MR) is 74.9 cm³/mol. The molecule has 1 aromatic rings. The van der Waals surface area contributed by atoms with E-state index >= 15 is 0 Å². The van der Waals surface area contributed by atoms with Crippen LogP contribution in [-0.4, -0.2) is 29.0 Å². The number of rotatable bonds is 5. The molecule has 1 fully saturated rings. The Labute approximate surface area is 117 Å². The van der Waals surface area contributed by atoms with Crippen LogP contribution in [0.1, 0.15) is 36.0 Å². The topological polar surface area (TPSA) is 92.5 Å². The molecule has 0 unspecified atom stereocenters. The number of aliphatic hydroxyl groups excluding tert-OH is 1. The van der Waals surface area contributed by atoms with Crippen LogP contribution in [0.2, 0.25) is 0 Å². The molecule has 1 aliphatic carbocycles. The van der Waals surface area contributed by atoms with Crippen molar-refractivity contribution in [2.24, 2.45) is 5.92 Å². The van der Waals surface area contributed by atoms with Gasteiger partial charge in [-0.15, -0.1) is 0 Å². The number of nitro benzene ring substituents is 1. The molecule has 0 atom stereocenters. The second-order valence-electron chi connectivity index (χ2n) is 5.21. The van der Waals surface area contributed by atoms with Crippen LogP contribution >= 0.6 is 0 Å². The Morgan fingerprint density at radius 3 is 2.65 bits per heavy atom. The van der Waals surface area contributed by atoms with Gasteiger partial charge in [-0.2, -0.15) is 0 Å². The van der Waals surface area contributed by atoms with E-state index in [-0.39, 0.29) is 11.8 Å². The number of hydrogen-bond donors (Lipinski definition) is 2. The lowest BCUT2D eigenvalue weighted by Crippen LogP contribution is -2.23. The van der Waals surface area contributed by atoms with E-state index < -0.39 is 4.92 Å². The van der Waals surface area contributed by atoms with Crippen molar-refractivity contribution in [3.8, 4) is 0 Å². The highest BCUT2D eigenvalue weighted by atomic mass is 16.6. The Kier molecular flexibility index (Phi) is 4.68. The van der Waals surface area contributed by atoms with Crippen LogP contribution in [-0.2, 0) is 0 Å². The van der Waals surface area contributed by atoms with Crippen molar-refractivity contribution in [1.82, 2.24) is 0 Å². The third-order valence-corrected chi connectivity index (χ3v) is 3.75. The molecule has 0 amide bonds. The second kappa shape index (κ2) is 6.47. The largest absolute Gasteiger partial charge is 0.393 e. The molecule has 0 saturated heterocycles. The number of hydrogen-bond acceptors (Lipinski definition) is 5. The monoisotopic (exact) mass is 278 g/mol. The Hall–Kier alpha value is -1.95. The van der Waals surface area contributed by atoms with Crippen LogP contribution in [0.25, 0.3) is 0 Å². The molecule has 6 heteroatoms. The smallest absolute Gasteiger partial charge is 0.293 e. The van der Waals surface area contributed by atoms with Gasteiger partial charge in [0.25, 0.3) is 5.69 Å². The normalized spacial score (nSPS) is 22.2. The molecule has 6 nitrogen and oxygen atoms in total. The van der Waals surface area contributed by atoms with Crippen LogP contribution in [0, 0.1) is 16.0 Å². The van der Waals surface area contributed by atoms with Crippen molar-refractivity contribution in [1.29, 1.82) is 0 Å². The minimum Gasteiger partial charge on any atom is -0.393 e. The van der Waals surface area contributed by atoms with Gasteiger partial charge in [0.05, 0.1) is 11.0 Å². The van der Waals surface area contributed by atoms with E-state index in [1.807, 2.05) is 0 Å². The Morgan fingerprint density at radius 2 is 2.05 bits per heavy atom. The molecule has 2 rings (SSSR count). The fourth-order valence-corrected chi connectivity index (χ4v) is 2.53. The van der Waals surface area contributed by atoms with Gasteiger partial charge < -0.3 is 10.4 Å². The van der Waals surface area contributed by atoms with Gasteiger partial charge >= 0.3 is 0 Å². The van der Waals surface area contributed by atoms with Gasteiger partial charge in [-0.1, -0.05) is 0 Å². The summed E-state index contributed by atoms with van der Waals surface area (Å²) < 4.78 is 0. The average molecular weight is 278 g/mol. The fourth-order valence-electron chi connectivity index (χ4n) is 2.53. The standard InChI is InChI=1S/C14H18N2O4/c17-9-11-3-6-13(14(7-11)16(19)20)15-8-10-1-4-12(18)5-2-10/h3,6-7,9-10,12,15,18H,1-2,4-5,8H2. The highest BCUT2D eigenvalue weighted by molar-refractivity contribution is 5.79. The van der Waals surface area contributed by atoms with Crippen LogP contribution in [0.5, 0.6) is 0 Å². The molecule has 1 aromatic carbocycles. The summed E-state index contributed by atoms with van der Waals surface area (Å²) in [5.41, 5.74) is 0.653. The van der Waals surface area contributed by atoms with Crippen molar-refractivity contribution >= 4 is 17.7 Å². The molecule has 0 radical (unpaired) electrons. The SMILES string of the molecule is O=Cc1ccc(NCC2CCC(O)CC2)c([N+](=O)[O-])c1. The number of nitrogens with one attached hydrogen (secondary N) is 1. The zero-order chi connectivity index (χ0) is 14.5. The first-order valence-electron chi connectivity index (χ1n) is 6.75. The summed E-state index contributed by atoms with van der Waals surface area (Å²) in [6, 6.07) is 4.41. The number of nitro groups is 1. The lowest BCUT2D eigenvalue weighted by atomic mass is 9.87. The molecular weight excluding hydrogens is 260 g/mol. The molecule has 0 spiro atoms. The van der Waals surface area contributed by atoms with E-state index in [0.29, 0.717) is 30.0 Å². The number of carbonyl (C=O) groups excluding carboxylic acids is 1. The zero-order valence-corrected chi connectivity index (χ0v) is 11.1. The highest BCUT2D eigenvalue weighted by Gasteiger charge is 2.20. The van der Waals surface area contributed by atoms with E-state index in [9.17, 15) is 20.0 Å². The van der Waals surface area contributed by atoms with Gasteiger partial charge in [-0.25, -0.2) is 0 Å². The van der Waals surface area contributed by atoms with Crippen LogP contribution in [0.4, 0.5) is 11.4 Å². The summed E-state index contributed by atoms with van der Waals surface area (Å²) in [7, 11) is 0. The Bertz CT molecular complexity index is 496. The maximum absolute atomic E-state index is 11.0. The maximum Gasteiger partial charge on any atom is 0.293 e. The second-order valence-corrected chi connectivity index (χ2v) is 5.21. The van der Waals surface area contributed by atoms with Crippen molar-refractivity contribution < 1.29 is 14.8 Å². The summed E-state index contributed by atoms with van der Waals surface area (Å²) in [6.45, 7) is 0.647. The lowest BCUT2D eigenvalue weighted by molar-refractivity contribution is -0.384. The molecule has 1 saturated carbocycles. The van der Waals surface area contributed by atoms with Crippen molar-refractivity contribution in [2.75, 3.05) is 11.9 Å². The van der Waals surface area contributed by atoms with Crippen LogP contribution in [0.3, 0.4) is 0 Å². The third-order valence-electron chi connectivity index (χ3n) is 3.75. The number of carbonyl (C=O) groups is 1. The van der Waals surface area contributed by atoms with Gasteiger partial charge in [-0.3, -0.25) is 14.9 Å². The van der Waals surface area contributed by atoms with E-state index in [1.165, 1.54) is 6.07 Å². The molecule has 0 aromatic heterocycles. The fraction of sp³-hybridized carbons (Fsp3) is 0.500. The molecule has 2 N–H and O–H groups in total. The summed E-state index contributed by atoms with van der Waals surface area (Å²) >= 11 is 0. The first kappa shape index (κ1) is 14.5. The number of aliphatic hydroxyl groups is 1. The minimum absolute atomic E-state index is 0.0783. The van der Waals surface area contributed by atoms with Gasteiger partial charge in [0, 0.05) is 18.2 Å². The number of benzene rings is 1. The highest BCUT2D eigenvalue weighted by Crippen LogP contribution is 2.28. The van der Waals surface area contributed by atoms with E-state index in [1.54, 1.807) is 12.1 Å². The molecule has 0 heterocycles. The van der Waals surface area contributed by atoms with Gasteiger partial charge in [0.1, 0.15) is 12.0 Å². The molecule has 108 valence electrons. The van der Waals surface area contributed by atoms with Crippen LogP contribution < -0.4 is 5.32 Å². The van der Waals surface area contributed by atoms with E-state index in [2.05, 4.69) is 5.32 Å². The lowest BCUT2D eigenvalue weighted by Gasteiger charge is -2.25. The first-order chi connectivity index (χ1) is 9.60. The van der Waals surface area contributed by atoms with E-state index in [4.69, 9.17) is 0 Å². The van der Waals surface area contributed by atoms with Crippen molar-refractivity contribution in [3.63, 3.8) is 0 Å². The quantitative estimate of drug-likeness (QED) is 0.490. The number of nitrogens with zero attached hydrogens (tertiary/aromatic N) is 1. The molecule has 20 heavy (non-hydrogen) atoms. The van der Waals surface area contributed by atoms with E-state index in [0.717, 1.165) is 25.7 Å². The molecule has 0 bridgehead atoms. The summed E-state index contributed by atoms with van der Waals surface area (Å²) in [6.07, 6.45) is 3.83. The summed E-state index contributed by atoms with van der Waals surface area (Å²) in [5, 5.41) is 23.5. The molecular formula is C14H18N2O4. The summed E-state index contributed by atoms with van der Waals surface area (Å²) in [5.74, 6) is 0.420.